The highest BCUT2D eigenvalue weighted by Gasteiger charge is 2.42. The van der Waals surface area contributed by atoms with Crippen LogP contribution in [0.25, 0.3) is 121 Å². The lowest BCUT2D eigenvalue weighted by atomic mass is 9.34. The first-order valence-corrected chi connectivity index (χ1v) is 24.5. The van der Waals surface area contributed by atoms with E-state index in [1.165, 1.54) is 98.9 Å². The Morgan fingerprint density at radius 3 is 1.07 bits per heavy atom. The third-order valence-electron chi connectivity index (χ3n) is 15.9. The number of fused-ring (bicyclic) bond motifs is 18. The fourth-order valence-electron chi connectivity index (χ4n) is 12.8. The number of nitrogens with zero attached hydrogens (tertiary/aromatic N) is 2. The van der Waals surface area contributed by atoms with Crippen LogP contribution in [0.1, 0.15) is 0 Å². The number of aromatic nitrogens is 2. The minimum Gasteiger partial charge on any atom is -0.458 e. The summed E-state index contributed by atoms with van der Waals surface area (Å²) < 4.78 is 19.5. The monoisotopic (exact) mass is 900 g/mol. The summed E-state index contributed by atoms with van der Waals surface area (Å²) in [4.78, 5) is 0. The van der Waals surface area contributed by atoms with Crippen molar-refractivity contribution >= 4 is 99.3 Å². The van der Waals surface area contributed by atoms with Gasteiger partial charge in [0, 0.05) is 37.8 Å². The molecule has 15 aromatic rings. The van der Waals surface area contributed by atoms with Crippen LogP contribution in [-0.2, 0) is 0 Å². The smallest absolute Gasteiger partial charge is 0.260 e. The van der Waals surface area contributed by atoms with Gasteiger partial charge in [0.2, 0.25) is 0 Å². The molecule has 0 unspecified atom stereocenters. The fraction of sp³-hybridized carbons (Fsp3) is 0. The van der Waals surface area contributed by atoms with E-state index in [1.807, 2.05) is 0 Å². The van der Waals surface area contributed by atoms with E-state index in [9.17, 15) is 0 Å². The molecule has 5 heteroatoms. The van der Waals surface area contributed by atoms with Crippen molar-refractivity contribution in [1.29, 1.82) is 0 Å². The molecule has 17 rings (SSSR count). The molecule has 0 amide bonds. The molecule has 0 spiro atoms. The number of hydrogen-bond donors (Lipinski definition) is 0. The molecule has 0 atom stereocenters. The predicted molar refractivity (Wildman–Crippen MR) is 295 cm³/mol. The SMILES string of the molecule is c1ccc(-c2ccc3c(c2)c2cc(-c4ccccc4)cc4c5c6c(ccc5n3c24)B2c3ccc4c(c3Oc3cccc(c32)O6)c2cc(-c3ccccc3)cc3c5cc(-c6ccccc6)ccc5n4c32)cc1. The van der Waals surface area contributed by atoms with Crippen molar-refractivity contribution in [3.8, 4) is 67.5 Å². The van der Waals surface area contributed by atoms with Crippen molar-refractivity contribution in [2.75, 3.05) is 0 Å². The van der Waals surface area contributed by atoms with Gasteiger partial charge in [0.1, 0.15) is 23.0 Å². The van der Waals surface area contributed by atoms with Crippen molar-refractivity contribution in [2.24, 2.45) is 0 Å². The van der Waals surface area contributed by atoms with Crippen LogP contribution < -0.4 is 25.9 Å². The van der Waals surface area contributed by atoms with Gasteiger partial charge in [-0.3, -0.25) is 0 Å². The molecule has 0 fully saturated rings. The Hall–Kier alpha value is -9.32. The molecule has 6 heterocycles. The topological polar surface area (TPSA) is 27.3 Å². The molecular formula is C66H37BN2O2. The van der Waals surface area contributed by atoms with Crippen molar-refractivity contribution in [2.45, 2.75) is 0 Å². The van der Waals surface area contributed by atoms with E-state index < -0.39 is 0 Å². The summed E-state index contributed by atoms with van der Waals surface area (Å²) in [7, 11) is 0. The van der Waals surface area contributed by atoms with Crippen molar-refractivity contribution in [3.05, 3.63) is 224 Å². The molecule has 4 aromatic heterocycles. The van der Waals surface area contributed by atoms with Crippen LogP contribution in [0, 0.1) is 0 Å². The fourth-order valence-corrected chi connectivity index (χ4v) is 12.8. The zero-order valence-electron chi connectivity index (χ0n) is 38.2. The Kier molecular flexibility index (Phi) is 7.26. The van der Waals surface area contributed by atoms with E-state index >= 15 is 0 Å². The van der Waals surface area contributed by atoms with Crippen LogP contribution in [0.4, 0.5) is 0 Å². The van der Waals surface area contributed by atoms with Gasteiger partial charge in [-0.15, -0.1) is 0 Å². The molecule has 0 saturated carbocycles. The summed E-state index contributed by atoms with van der Waals surface area (Å²) in [6.45, 7) is -0.125. The molecule has 2 aliphatic rings. The van der Waals surface area contributed by atoms with Gasteiger partial charge < -0.3 is 18.3 Å². The Morgan fingerprint density at radius 2 is 0.648 bits per heavy atom. The molecular weight excluding hydrogens is 864 g/mol. The standard InChI is InChI=1S/C66H37BN2O2/c1-5-14-38(15-6-1)42-24-28-54-46(32-42)48-34-44(40-18-9-3-10-19-40)36-50-60-56(68(54)63(48)50)30-26-52-65(60)70-58-22-13-23-59-62(58)67(52)53-27-31-57-61(66(53)71-59)51-37-45(41-20-11-4-12-21-41)35-49-47-33-43(39-16-7-2-8-17-39)25-29-55(47)69(57)64(49)51/h1-37H. The van der Waals surface area contributed by atoms with Crippen LogP contribution in [0.15, 0.2) is 224 Å². The maximum atomic E-state index is 7.28. The summed E-state index contributed by atoms with van der Waals surface area (Å²) in [5.41, 5.74) is 20.0. The van der Waals surface area contributed by atoms with Crippen molar-refractivity contribution in [3.63, 3.8) is 0 Å². The van der Waals surface area contributed by atoms with E-state index in [0.29, 0.717) is 0 Å². The lowest BCUT2D eigenvalue weighted by Gasteiger charge is -2.33. The molecule has 2 aliphatic heterocycles. The molecule has 4 nitrogen and oxygen atoms in total. The van der Waals surface area contributed by atoms with Crippen LogP contribution in [0.5, 0.6) is 23.0 Å². The van der Waals surface area contributed by atoms with Gasteiger partial charge in [0.25, 0.3) is 6.71 Å². The van der Waals surface area contributed by atoms with Gasteiger partial charge in [-0.05, 0) is 128 Å². The normalized spacial score (nSPS) is 13.0. The molecule has 0 aliphatic carbocycles. The quantitative estimate of drug-likeness (QED) is 0.165. The van der Waals surface area contributed by atoms with Gasteiger partial charge >= 0.3 is 0 Å². The first-order valence-electron chi connectivity index (χ1n) is 24.5. The van der Waals surface area contributed by atoms with Gasteiger partial charge in [-0.1, -0.05) is 152 Å². The summed E-state index contributed by atoms with van der Waals surface area (Å²) in [5, 5.41) is 9.60. The number of hydrogen-bond acceptors (Lipinski definition) is 2. The van der Waals surface area contributed by atoms with Gasteiger partial charge in [-0.2, -0.15) is 0 Å². The zero-order chi connectivity index (χ0) is 46.1. The third kappa shape index (κ3) is 4.99. The largest absolute Gasteiger partial charge is 0.458 e. The second-order valence-electron chi connectivity index (χ2n) is 19.5. The molecule has 11 aromatic carbocycles. The first kappa shape index (κ1) is 37.6. The summed E-state index contributed by atoms with van der Waals surface area (Å²) >= 11 is 0. The lowest BCUT2D eigenvalue weighted by Crippen LogP contribution is -2.57. The Morgan fingerprint density at radius 1 is 0.282 bits per heavy atom. The molecule has 0 bridgehead atoms. The molecule has 0 N–H and O–H groups in total. The highest BCUT2D eigenvalue weighted by atomic mass is 16.5. The van der Waals surface area contributed by atoms with Crippen molar-refractivity contribution in [1.82, 2.24) is 8.80 Å². The zero-order valence-corrected chi connectivity index (χ0v) is 38.2. The van der Waals surface area contributed by atoms with Gasteiger partial charge in [0.05, 0.1) is 43.9 Å². The summed E-state index contributed by atoms with van der Waals surface area (Å²) in [6.07, 6.45) is 0. The Balaban J connectivity index is 0.939. The van der Waals surface area contributed by atoms with E-state index in [0.717, 1.165) is 61.2 Å². The average Bonchev–Trinajstić information content (AvgIpc) is 4.17. The average molecular weight is 901 g/mol. The Bertz CT molecular complexity index is 4430. The molecule has 326 valence electrons. The number of benzene rings is 11. The summed E-state index contributed by atoms with van der Waals surface area (Å²) in [5.74, 6) is 3.50. The molecule has 71 heavy (non-hydrogen) atoms. The number of ether oxygens (including phenoxy) is 2. The van der Waals surface area contributed by atoms with E-state index in [4.69, 9.17) is 9.47 Å². The second kappa shape index (κ2) is 13.7. The number of rotatable bonds is 4. The highest BCUT2D eigenvalue weighted by molar-refractivity contribution is 6.98. The molecule has 0 radical (unpaired) electrons. The van der Waals surface area contributed by atoms with Crippen LogP contribution in [0.3, 0.4) is 0 Å². The van der Waals surface area contributed by atoms with E-state index in [2.05, 4.69) is 233 Å². The van der Waals surface area contributed by atoms with E-state index in [1.54, 1.807) is 0 Å². The van der Waals surface area contributed by atoms with Crippen LogP contribution in [0.2, 0.25) is 0 Å². The maximum absolute atomic E-state index is 7.28. The predicted octanol–water partition coefficient (Wildman–Crippen LogP) is 15.4. The van der Waals surface area contributed by atoms with Crippen LogP contribution >= 0.6 is 0 Å². The van der Waals surface area contributed by atoms with Gasteiger partial charge in [-0.25, -0.2) is 0 Å². The highest BCUT2D eigenvalue weighted by Crippen LogP contribution is 2.50. The first-order chi connectivity index (χ1) is 35.2. The Labute approximate surface area is 407 Å². The lowest BCUT2D eigenvalue weighted by molar-refractivity contribution is 0.470. The second-order valence-corrected chi connectivity index (χ2v) is 19.5. The minimum absolute atomic E-state index is 0.125. The summed E-state index contributed by atoms with van der Waals surface area (Å²) in [6, 6.07) is 82.1. The molecule has 0 saturated heterocycles. The maximum Gasteiger partial charge on any atom is 0.260 e. The minimum atomic E-state index is -0.125. The van der Waals surface area contributed by atoms with Crippen LogP contribution in [-0.4, -0.2) is 15.5 Å². The van der Waals surface area contributed by atoms with Gasteiger partial charge in [0.15, 0.2) is 0 Å². The van der Waals surface area contributed by atoms with E-state index in [-0.39, 0.29) is 6.71 Å². The van der Waals surface area contributed by atoms with Crippen molar-refractivity contribution < 1.29 is 9.47 Å². The third-order valence-corrected chi connectivity index (χ3v) is 15.9.